The van der Waals surface area contributed by atoms with Gasteiger partial charge >= 0.3 is 0 Å². The van der Waals surface area contributed by atoms with E-state index in [1.165, 1.54) is 0 Å². The Morgan fingerprint density at radius 1 is 1.00 bits per heavy atom. The molecule has 0 aliphatic carbocycles. The van der Waals surface area contributed by atoms with Gasteiger partial charge in [-0.2, -0.15) is 5.10 Å². The molecule has 1 N–H and O–H groups in total. The standard InChI is InChI=1S/C16H14N2O3/c1-20-14-8-4-5-9-15(14)21-10-13-11-6-2-3-7-12(11)16(19)18-17-13/h2-9H,10H2,1H3,(H,18,19). The van der Waals surface area contributed by atoms with E-state index in [0.29, 0.717) is 22.6 Å². The molecule has 5 heteroatoms. The Kier molecular flexibility index (Phi) is 3.55. The quantitative estimate of drug-likeness (QED) is 0.798. The molecule has 3 rings (SSSR count). The molecule has 0 saturated carbocycles. The van der Waals surface area contributed by atoms with Crippen LogP contribution in [0.3, 0.4) is 0 Å². The Hall–Kier alpha value is -2.82. The van der Waals surface area contributed by atoms with Gasteiger partial charge in [-0.3, -0.25) is 4.79 Å². The second-order valence-electron chi connectivity index (χ2n) is 4.48. The van der Waals surface area contributed by atoms with Crippen LogP contribution < -0.4 is 15.0 Å². The molecular formula is C16H14N2O3. The van der Waals surface area contributed by atoms with E-state index in [1.807, 2.05) is 42.5 Å². The monoisotopic (exact) mass is 282 g/mol. The van der Waals surface area contributed by atoms with Gasteiger partial charge in [0.25, 0.3) is 5.56 Å². The number of methoxy groups -OCH3 is 1. The predicted molar refractivity (Wildman–Crippen MR) is 79.7 cm³/mol. The highest BCUT2D eigenvalue weighted by molar-refractivity contribution is 5.83. The minimum atomic E-state index is -0.202. The van der Waals surface area contributed by atoms with E-state index in [-0.39, 0.29) is 12.2 Å². The van der Waals surface area contributed by atoms with E-state index in [9.17, 15) is 4.79 Å². The Bertz CT molecular complexity index is 827. The number of aromatic amines is 1. The molecule has 1 aromatic heterocycles. The topological polar surface area (TPSA) is 64.2 Å². The molecule has 0 bridgehead atoms. The number of para-hydroxylation sites is 2. The number of rotatable bonds is 4. The maximum absolute atomic E-state index is 11.7. The number of hydrogen-bond donors (Lipinski definition) is 1. The third-order valence-electron chi connectivity index (χ3n) is 3.21. The summed E-state index contributed by atoms with van der Waals surface area (Å²) in [5.41, 5.74) is 0.475. The lowest BCUT2D eigenvalue weighted by molar-refractivity contribution is 0.281. The largest absolute Gasteiger partial charge is 0.493 e. The molecule has 0 aliphatic heterocycles. The van der Waals surface area contributed by atoms with Crippen LogP contribution in [-0.4, -0.2) is 17.3 Å². The van der Waals surface area contributed by atoms with Gasteiger partial charge in [-0.05, 0) is 18.2 Å². The number of nitrogens with zero attached hydrogens (tertiary/aromatic N) is 1. The molecule has 3 aromatic rings. The molecule has 0 spiro atoms. The zero-order valence-corrected chi connectivity index (χ0v) is 11.5. The summed E-state index contributed by atoms with van der Waals surface area (Å²) in [5, 5.41) is 7.96. The van der Waals surface area contributed by atoms with Crippen molar-refractivity contribution in [3.63, 3.8) is 0 Å². The Labute approximate surface area is 121 Å². The fraction of sp³-hybridized carbons (Fsp3) is 0.125. The van der Waals surface area contributed by atoms with Crippen molar-refractivity contribution >= 4 is 10.8 Å². The van der Waals surface area contributed by atoms with Crippen LogP contribution in [-0.2, 0) is 6.61 Å². The number of hydrogen-bond acceptors (Lipinski definition) is 4. The van der Waals surface area contributed by atoms with Gasteiger partial charge in [0.15, 0.2) is 11.5 Å². The lowest BCUT2D eigenvalue weighted by atomic mass is 10.1. The van der Waals surface area contributed by atoms with Crippen molar-refractivity contribution in [2.24, 2.45) is 0 Å². The second-order valence-corrected chi connectivity index (χ2v) is 4.48. The molecular weight excluding hydrogens is 268 g/mol. The smallest absolute Gasteiger partial charge is 0.272 e. The van der Waals surface area contributed by atoms with E-state index >= 15 is 0 Å². The molecule has 1 heterocycles. The molecule has 0 unspecified atom stereocenters. The number of benzene rings is 2. The summed E-state index contributed by atoms with van der Waals surface area (Å²) in [6.45, 7) is 0.248. The van der Waals surface area contributed by atoms with Crippen molar-refractivity contribution in [3.8, 4) is 11.5 Å². The van der Waals surface area contributed by atoms with Crippen molar-refractivity contribution < 1.29 is 9.47 Å². The van der Waals surface area contributed by atoms with Crippen LogP contribution in [0, 0.1) is 0 Å². The normalized spacial score (nSPS) is 10.5. The minimum Gasteiger partial charge on any atom is -0.493 e. The first kappa shape index (κ1) is 13.2. The highest BCUT2D eigenvalue weighted by atomic mass is 16.5. The van der Waals surface area contributed by atoms with E-state index in [4.69, 9.17) is 9.47 Å². The van der Waals surface area contributed by atoms with Crippen LogP contribution in [0.4, 0.5) is 0 Å². The average molecular weight is 282 g/mol. The summed E-state index contributed by atoms with van der Waals surface area (Å²) in [7, 11) is 1.59. The number of nitrogens with one attached hydrogen (secondary N) is 1. The lowest BCUT2D eigenvalue weighted by Crippen LogP contribution is -2.12. The summed E-state index contributed by atoms with van der Waals surface area (Å²) in [6.07, 6.45) is 0. The highest BCUT2D eigenvalue weighted by Gasteiger charge is 2.08. The molecule has 0 radical (unpaired) electrons. The van der Waals surface area contributed by atoms with Gasteiger partial charge < -0.3 is 9.47 Å². The van der Waals surface area contributed by atoms with E-state index in [0.717, 1.165) is 5.39 Å². The van der Waals surface area contributed by atoms with Crippen molar-refractivity contribution in [2.75, 3.05) is 7.11 Å². The fourth-order valence-electron chi connectivity index (χ4n) is 2.17. The van der Waals surface area contributed by atoms with Crippen molar-refractivity contribution in [1.29, 1.82) is 0 Å². The molecule has 0 saturated heterocycles. The van der Waals surface area contributed by atoms with Gasteiger partial charge in [0.2, 0.25) is 0 Å². The maximum Gasteiger partial charge on any atom is 0.272 e. The number of aromatic nitrogens is 2. The summed E-state index contributed by atoms with van der Waals surface area (Å²) >= 11 is 0. The molecule has 0 atom stereocenters. The molecule has 0 amide bonds. The SMILES string of the molecule is COc1ccccc1OCc1n[nH]c(=O)c2ccccc12. The van der Waals surface area contributed by atoms with E-state index in [2.05, 4.69) is 10.2 Å². The average Bonchev–Trinajstić information content (AvgIpc) is 2.55. The van der Waals surface area contributed by atoms with Crippen LogP contribution >= 0.6 is 0 Å². The van der Waals surface area contributed by atoms with Crippen LogP contribution in [0.15, 0.2) is 53.3 Å². The summed E-state index contributed by atoms with van der Waals surface area (Å²) < 4.78 is 11.0. The van der Waals surface area contributed by atoms with E-state index in [1.54, 1.807) is 13.2 Å². The Balaban J connectivity index is 1.92. The van der Waals surface area contributed by atoms with Crippen LogP contribution in [0.5, 0.6) is 11.5 Å². The van der Waals surface area contributed by atoms with Crippen molar-refractivity contribution in [2.45, 2.75) is 6.61 Å². The van der Waals surface area contributed by atoms with Gasteiger partial charge in [-0.25, -0.2) is 5.10 Å². The summed E-state index contributed by atoms with van der Waals surface area (Å²) in [5.74, 6) is 1.29. The van der Waals surface area contributed by atoms with Crippen molar-refractivity contribution in [3.05, 3.63) is 64.6 Å². The zero-order chi connectivity index (χ0) is 14.7. The van der Waals surface area contributed by atoms with Gasteiger partial charge in [0, 0.05) is 5.39 Å². The van der Waals surface area contributed by atoms with Gasteiger partial charge in [-0.1, -0.05) is 30.3 Å². The van der Waals surface area contributed by atoms with Crippen LogP contribution in [0.1, 0.15) is 5.69 Å². The van der Waals surface area contributed by atoms with Gasteiger partial charge in [-0.15, -0.1) is 0 Å². The third kappa shape index (κ3) is 2.58. The van der Waals surface area contributed by atoms with Crippen LogP contribution in [0.25, 0.3) is 10.8 Å². The minimum absolute atomic E-state index is 0.202. The number of fused-ring (bicyclic) bond motifs is 1. The highest BCUT2D eigenvalue weighted by Crippen LogP contribution is 2.27. The van der Waals surface area contributed by atoms with E-state index < -0.39 is 0 Å². The predicted octanol–water partition coefficient (Wildman–Crippen LogP) is 2.51. The first-order valence-electron chi connectivity index (χ1n) is 6.51. The number of H-pyrrole nitrogens is 1. The number of ether oxygens (including phenoxy) is 2. The molecule has 0 fully saturated rings. The van der Waals surface area contributed by atoms with Gasteiger partial charge in [0.05, 0.1) is 12.5 Å². The van der Waals surface area contributed by atoms with Crippen LogP contribution in [0.2, 0.25) is 0 Å². The molecule has 5 nitrogen and oxygen atoms in total. The zero-order valence-electron chi connectivity index (χ0n) is 11.5. The Morgan fingerprint density at radius 3 is 2.43 bits per heavy atom. The van der Waals surface area contributed by atoms with Gasteiger partial charge in [0.1, 0.15) is 12.3 Å². The molecule has 21 heavy (non-hydrogen) atoms. The maximum atomic E-state index is 11.7. The lowest BCUT2D eigenvalue weighted by Gasteiger charge is -2.10. The second kappa shape index (κ2) is 5.66. The molecule has 2 aromatic carbocycles. The first-order valence-corrected chi connectivity index (χ1v) is 6.51. The van der Waals surface area contributed by atoms with Crippen molar-refractivity contribution in [1.82, 2.24) is 10.2 Å². The molecule has 106 valence electrons. The first-order chi connectivity index (χ1) is 10.3. The summed E-state index contributed by atoms with van der Waals surface area (Å²) in [4.78, 5) is 11.7. The fourth-order valence-corrected chi connectivity index (χ4v) is 2.17. The third-order valence-corrected chi connectivity index (χ3v) is 3.21. The Morgan fingerprint density at radius 2 is 1.67 bits per heavy atom. The summed E-state index contributed by atoms with van der Waals surface area (Å²) in [6, 6.07) is 14.7. The molecule has 0 aliphatic rings.